The van der Waals surface area contributed by atoms with Crippen LogP contribution in [0.25, 0.3) is 11.8 Å². The maximum Gasteiger partial charge on any atom is 0.262 e. The van der Waals surface area contributed by atoms with Gasteiger partial charge >= 0.3 is 0 Å². The van der Waals surface area contributed by atoms with Gasteiger partial charge in [-0.3, -0.25) is 4.79 Å². The van der Waals surface area contributed by atoms with Gasteiger partial charge in [0.1, 0.15) is 11.6 Å². The number of nitrogens with zero attached hydrogens (tertiary/aromatic N) is 3. The average molecular weight is 399 g/mol. The van der Waals surface area contributed by atoms with Crippen LogP contribution in [-0.2, 0) is 11.3 Å². The molecule has 0 aliphatic heterocycles. The van der Waals surface area contributed by atoms with Crippen LogP contribution >= 0.6 is 0 Å². The molecule has 3 rings (SSSR count). The molecule has 5 nitrogen and oxygen atoms in total. The second-order valence-corrected chi connectivity index (χ2v) is 7.41. The minimum absolute atomic E-state index is 0.0918. The molecule has 0 spiro atoms. The smallest absolute Gasteiger partial charge is 0.262 e. The van der Waals surface area contributed by atoms with Gasteiger partial charge in [-0.15, -0.1) is 0 Å². The minimum atomic E-state index is -0.374. The van der Waals surface area contributed by atoms with Crippen LogP contribution in [0.5, 0.6) is 0 Å². The van der Waals surface area contributed by atoms with Crippen LogP contribution < -0.4 is 10.2 Å². The lowest BCUT2D eigenvalue weighted by Crippen LogP contribution is -2.23. The summed E-state index contributed by atoms with van der Waals surface area (Å²) in [5.74, 6) is -0.374. The van der Waals surface area contributed by atoms with Crippen molar-refractivity contribution in [2.45, 2.75) is 20.4 Å². The molecule has 30 heavy (non-hydrogen) atoms. The van der Waals surface area contributed by atoms with Crippen LogP contribution in [0.3, 0.4) is 0 Å². The highest BCUT2D eigenvalue weighted by atomic mass is 16.1. The zero-order valence-corrected chi connectivity index (χ0v) is 17.8. The summed E-state index contributed by atoms with van der Waals surface area (Å²) >= 11 is 0. The fourth-order valence-electron chi connectivity index (χ4n) is 3.41. The van der Waals surface area contributed by atoms with Gasteiger partial charge in [-0.1, -0.05) is 30.3 Å². The second-order valence-electron chi connectivity index (χ2n) is 7.41. The number of rotatable bonds is 6. The van der Waals surface area contributed by atoms with Crippen molar-refractivity contribution in [1.29, 1.82) is 5.26 Å². The molecule has 0 fully saturated rings. The molecular weight excluding hydrogens is 372 g/mol. The molecule has 0 aliphatic carbocycles. The zero-order valence-electron chi connectivity index (χ0n) is 17.8. The highest BCUT2D eigenvalue weighted by Crippen LogP contribution is 2.24. The summed E-state index contributed by atoms with van der Waals surface area (Å²) in [6.07, 6.45) is 1.66. The lowest BCUT2D eigenvalue weighted by atomic mass is 10.1. The van der Waals surface area contributed by atoms with E-state index in [4.69, 9.17) is 0 Å². The van der Waals surface area contributed by atoms with Crippen molar-refractivity contribution in [3.63, 3.8) is 0 Å². The molecule has 1 heterocycles. The maximum atomic E-state index is 12.5. The van der Waals surface area contributed by atoms with Gasteiger partial charge in [-0.25, -0.2) is 0 Å². The molecule has 0 saturated heterocycles. The van der Waals surface area contributed by atoms with Gasteiger partial charge in [-0.05, 0) is 61.4 Å². The minimum Gasteiger partial charge on any atom is -0.378 e. The molecule has 3 aromatic rings. The summed E-state index contributed by atoms with van der Waals surface area (Å²) < 4.78 is 2.13. The number of nitrogens with one attached hydrogen (secondary N) is 1. The lowest BCUT2D eigenvalue weighted by Gasteiger charge is -2.14. The van der Waals surface area contributed by atoms with E-state index in [1.54, 1.807) is 6.08 Å². The summed E-state index contributed by atoms with van der Waals surface area (Å²) in [5.41, 5.74) is 6.13. The van der Waals surface area contributed by atoms with Crippen molar-refractivity contribution in [1.82, 2.24) is 9.88 Å². The van der Waals surface area contributed by atoms with Gasteiger partial charge < -0.3 is 14.8 Å². The first-order valence-corrected chi connectivity index (χ1v) is 9.81. The molecule has 0 bridgehead atoms. The predicted molar refractivity (Wildman–Crippen MR) is 121 cm³/mol. The molecular formula is C25H26N4O. The zero-order chi connectivity index (χ0) is 21.7. The topological polar surface area (TPSA) is 61.1 Å². The van der Waals surface area contributed by atoms with E-state index in [9.17, 15) is 10.1 Å². The van der Waals surface area contributed by atoms with E-state index in [2.05, 4.69) is 39.0 Å². The molecule has 0 aliphatic rings. The van der Waals surface area contributed by atoms with Gasteiger partial charge in [0.2, 0.25) is 0 Å². The number of carbonyl (C=O) groups is 1. The number of amides is 1. The lowest BCUT2D eigenvalue weighted by molar-refractivity contribution is -0.117. The van der Waals surface area contributed by atoms with Crippen LogP contribution in [0.15, 0.2) is 66.2 Å². The quantitative estimate of drug-likeness (QED) is 0.495. The number of carbonyl (C=O) groups excluding carboxylic acids is 1. The highest BCUT2D eigenvalue weighted by Gasteiger charge is 2.14. The molecule has 0 radical (unpaired) electrons. The Kier molecular flexibility index (Phi) is 6.38. The van der Waals surface area contributed by atoms with Crippen molar-refractivity contribution in [3.05, 3.63) is 88.8 Å². The van der Waals surface area contributed by atoms with Gasteiger partial charge in [0, 0.05) is 43.4 Å². The monoisotopic (exact) mass is 398 g/mol. The summed E-state index contributed by atoms with van der Waals surface area (Å²) in [4.78, 5) is 14.6. The first-order valence-electron chi connectivity index (χ1n) is 9.81. The van der Waals surface area contributed by atoms with E-state index >= 15 is 0 Å². The molecule has 5 heteroatoms. The van der Waals surface area contributed by atoms with E-state index in [1.165, 1.54) is 0 Å². The van der Waals surface area contributed by atoms with Crippen molar-refractivity contribution in [2.75, 3.05) is 19.0 Å². The summed E-state index contributed by atoms with van der Waals surface area (Å²) in [7, 11) is 4.02. The first-order chi connectivity index (χ1) is 14.4. The second kappa shape index (κ2) is 9.15. The number of aromatic nitrogens is 1. The number of nitriles is 1. The molecule has 0 atom stereocenters. The van der Waals surface area contributed by atoms with Crippen LogP contribution in [-0.4, -0.2) is 24.6 Å². The Labute approximate surface area is 177 Å². The largest absolute Gasteiger partial charge is 0.378 e. The Hall–Kier alpha value is -3.78. The van der Waals surface area contributed by atoms with Crippen molar-refractivity contribution in [2.24, 2.45) is 0 Å². The molecule has 152 valence electrons. The number of anilines is 1. The van der Waals surface area contributed by atoms with Crippen molar-refractivity contribution >= 4 is 17.7 Å². The Balaban J connectivity index is 1.84. The molecule has 2 aromatic carbocycles. The van der Waals surface area contributed by atoms with Gasteiger partial charge in [0.15, 0.2) is 0 Å². The molecule has 1 N–H and O–H groups in total. The van der Waals surface area contributed by atoms with E-state index in [0.29, 0.717) is 6.54 Å². The third-order valence-corrected chi connectivity index (χ3v) is 5.06. The van der Waals surface area contributed by atoms with Crippen LogP contribution in [0.1, 0.15) is 22.5 Å². The van der Waals surface area contributed by atoms with Crippen molar-refractivity contribution in [3.8, 4) is 11.8 Å². The number of hydrogen-bond acceptors (Lipinski definition) is 3. The normalized spacial score (nSPS) is 11.1. The number of benzene rings is 2. The van der Waals surface area contributed by atoms with Gasteiger partial charge in [-0.2, -0.15) is 5.26 Å². The third kappa shape index (κ3) is 4.61. The molecule has 1 aromatic heterocycles. The molecule has 0 unspecified atom stereocenters. The Morgan fingerprint density at radius 1 is 1.10 bits per heavy atom. The summed E-state index contributed by atoms with van der Waals surface area (Å²) in [6.45, 7) is 4.40. The SMILES string of the molecule is Cc1cc(C=C(C#N)C(=O)NCc2ccccc2)c(C)n1-c1ccc(N(C)C)cc1. The summed E-state index contributed by atoms with van der Waals surface area (Å²) in [5, 5.41) is 12.3. The molecule has 0 saturated carbocycles. The van der Waals surface area contributed by atoms with Gasteiger partial charge in [0.05, 0.1) is 0 Å². The number of hydrogen-bond donors (Lipinski definition) is 1. The van der Waals surface area contributed by atoms with Crippen LogP contribution in [0.2, 0.25) is 0 Å². The Morgan fingerprint density at radius 2 is 1.77 bits per heavy atom. The number of aryl methyl sites for hydroxylation is 1. The van der Waals surface area contributed by atoms with Crippen molar-refractivity contribution < 1.29 is 4.79 Å². The molecule has 1 amide bonds. The third-order valence-electron chi connectivity index (χ3n) is 5.06. The first kappa shape index (κ1) is 20.9. The maximum absolute atomic E-state index is 12.5. The Morgan fingerprint density at radius 3 is 2.37 bits per heavy atom. The van der Waals surface area contributed by atoms with E-state index in [0.717, 1.165) is 33.9 Å². The van der Waals surface area contributed by atoms with Crippen LogP contribution in [0, 0.1) is 25.2 Å². The van der Waals surface area contributed by atoms with Gasteiger partial charge in [0.25, 0.3) is 5.91 Å². The average Bonchev–Trinajstić information content (AvgIpc) is 3.03. The fourth-order valence-corrected chi connectivity index (χ4v) is 3.41. The summed E-state index contributed by atoms with van der Waals surface area (Å²) in [6, 6.07) is 22.0. The predicted octanol–water partition coefficient (Wildman–Crippen LogP) is 4.38. The fraction of sp³-hybridized carbons (Fsp3) is 0.200. The van der Waals surface area contributed by atoms with E-state index < -0.39 is 0 Å². The Bertz CT molecular complexity index is 1100. The standard InChI is InChI=1S/C25H26N4O/c1-18-14-21(19(2)29(18)24-12-10-23(11-13-24)28(3)4)15-22(16-26)25(30)27-17-20-8-6-5-7-9-20/h5-15H,17H2,1-4H3,(H,27,30). The van der Waals surface area contributed by atoms with E-state index in [-0.39, 0.29) is 11.5 Å². The van der Waals surface area contributed by atoms with E-state index in [1.807, 2.05) is 70.4 Å². The van der Waals surface area contributed by atoms with Crippen LogP contribution in [0.4, 0.5) is 5.69 Å². The highest BCUT2D eigenvalue weighted by molar-refractivity contribution is 6.01.